The smallest absolute Gasteiger partial charge is 0.273 e. The molecule has 3 aromatic rings. The van der Waals surface area contributed by atoms with E-state index in [1.165, 1.54) is 0 Å². The van der Waals surface area contributed by atoms with Gasteiger partial charge in [0.2, 0.25) is 0 Å². The summed E-state index contributed by atoms with van der Waals surface area (Å²) in [6.45, 7) is 5.55. The van der Waals surface area contributed by atoms with E-state index in [1.807, 2.05) is 42.2 Å². The van der Waals surface area contributed by atoms with E-state index in [-0.39, 0.29) is 11.9 Å². The first-order valence-electron chi connectivity index (χ1n) is 8.79. The lowest BCUT2D eigenvalue weighted by Gasteiger charge is -2.33. The molecule has 1 saturated heterocycles. The SMILES string of the molecule is Cc1cc(C)n(C2CCCN(C(=O)c3nccc4ccccc34)C2)n1. The molecule has 4 rings (SSSR count). The van der Waals surface area contributed by atoms with Gasteiger partial charge in [-0.1, -0.05) is 24.3 Å². The van der Waals surface area contributed by atoms with Crippen LogP contribution in [0.25, 0.3) is 10.8 Å². The summed E-state index contributed by atoms with van der Waals surface area (Å²) >= 11 is 0. The molecule has 128 valence electrons. The fourth-order valence-electron chi connectivity index (χ4n) is 3.79. The molecular weight excluding hydrogens is 312 g/mol. The molecule has 1 aliphatic rings. The van der Waals surface area contributed by atoms with Crippen molar-refractivity contribution in [2.75, 3.05) is 13.1 Å². The summed E-state index contributed by atoms with van der Waals surface area (Å²) in [4.78, 5) is 19.4. The number of amides is 1. The van der Waals surface area contributed by atoms with E-state index in [4.69, 9.17) is 0 Å². The molecule has 1 aliphatic heterocycles. The van der Waals surface area contributed by atoms with Crippen molar-refractivity contribution in [3.05, 3.63) is 59.7 Å². The molecule has 0 saturated carbocycles. The Balaban J connectivity index is 1.62. The van der Waals surface area contributed by atoms with Gasteiger partial charge in [0.1, 0.15) is 5.69 Å². The Labute approximate surface area is 147 Å². The molecule has 0 radical (unpaired) electrons. The maximum absolute atomic E-state index is 13.1. The van der Waals surface area contributed by atoms with Crippen LogP contribution in [0.3, 0.4) is 0 Å². The zero-order valence-electron chi connectivity index (χ0n) is 14.6. The number of piperidine rings is 1. The van der Waals surface area contributed by atoms with Gasteiger partial charge >= 0.3 is 0 Å². The minimum atomic E-state index is 0.0167. The lowest BCUT2D eigenvalue weighted by Crippen LogP contribution is -2.41. The van der Waals surface area contributed by atoms with Gasteiger partial charge in [-0.25, -0.2) is 0 Å². The third-order valence-electron chi connectivity index (χ3n) is 4.95. The number of pyridine rings is 1. The van der Waals surface area contributed by atoms with E-state index in [0.717, 1.165) is 41.5 Å². The Morgan fingerprint density at radius 2 is 2.04 bits per heavy atom. The Kier molecular flexibility index (Phi) is 3.99. The van der Waals surface area contributed by atoms with Gasteiger partial charge < -0.3 is 4.90 Å². The molecule has 0 N–H and O–H groups in total. The quantitative estimate of drug-likeness (QED) is 0.720. The van der Waals surface area contributed by atoms with Gasteiger partial charge in [0.05, 0.1) is 11.7 Å². The van der Waals surface area contributed by atoms with Crippen molar-refractivity contribution in [1.82, 2.24) is 19.7 Å². The minimum Gasteiger partial charge on any atom is -0.335 e. The number of nitrogens with zero attached hydrogens (tertiary/aromatic N) is 4. The zero-order chi connectivity index (χ0) is 17.4. The molecule has 0 aliphatic carbocycles. The summed E-state index contributed by atoms with van der Waals surface area (Å²) in [5, 5.41) is 6.58. The molecule has 1 fully saturated rings. The summed E-state index contributed by atoms with van der Waals surface area (Å²) in [7, 11) is 0. The standard InChI is InChI=1S/C20H22N4O/c1-14-12-15(2)24(22-14)17-7-5-11-23(13-17)20(25)19-18-8-4-3-6-16(18)9-10-21-19/h3-4,6,8-10,12,17H,5,7,11,13H2,1-2H3. The van der Waals surface area contributed by atoms with Crippen molar-refractivity contribution in [1.29, 1.82) is 0 Å². The van der Waals surface area contributed by atoms with Crippen LogP contribution in [0.2, 0.25) is 0 Å². The lowest BCUT2D eigenvalue weighted by molar-refractivity contribution is 0.0668. The summed E-state index contributed by atoms with van der Waals surface area (Å²) in [5.74, 6) is 0.0167. The van der Waals surface area contributed by atoms with E-state index in [9.17, 15) is 4.79 Å². The summed E-state index contributed by atoms with van der Waals surface area (Å²) in [6, 6.07) is 12.2. The summed E-state index contributed by atoms with van der Waals surface area (Å²) in [6.07, 6.45) is 3.76. The van der Waals surface area contributed by atoms with Crippen LogP contribution in [0.1, 0.15) is 40.8 Å². The third kappa shape index (κ3) is 2.90. The van der Waals surface area contributed by atoms with E-state index in [2.05, 4.69) is 27.8 Å². The monoisotopic (exact) mass is 334 g/mol. The van der Waals surface area contributed by atoms with E-state index < -0.39 is 0 Å². The van der Waals surface area contributed by atoms with Crippen LogP contribution in [0.15, 0.2) is 42.6 Å². The molecule has 25 heavy (non-hydrogen) atoms. The van der Waals surface area contributed by atoms with Gasteiger partial charge in [-0.15, -0.1) is 0 Å². The Hall–Kier alpha value is -2.69. The first-order valence-corrected chi connectivity index (χ1v) is 8.79. The molecule has 5 heteroatoms. The maximum atomic E-state index is 13.1. The summed E-state index contributed by atoms with van der Waals surface area (Å²) < 4.78 is 2.07. The number of fused-ring (bicyclic) bond motifs is 1. The van der Waals surface area contributed by atoms with Crippen LogP contribution >= 0.6 is 0 Å². The third-order valence-corrected chi connectivity index (χ3v) is 4.95. The number of aromatic nitrogens is 3. The second-order valence-corrected chi connectivity index (χ2v) is 6.80. The van der Waals surface area contributed by atoms with Crippen molar-refractivity contribution in [2.45, 2.75) is 32.7 Å². The van der Waals surface area contributed by atoms with Gasteiger partial charge in [-0.3, -0.25) is 14.5 Å². The maximum Gasteiger partial charge on any atom is 0.273 e. The molecule has 0 spiro atoms. The molecular formula is C20H22N4O. The highest BCUT2D eigenvalue weighted by Crippen LogP contribution is 2.25. The van der Waals surface area contributed by atoms with Crippen LogP contribution in [0.4, 0.5) is 0 Å². The van der Waals surface area contributed by atoms with E-state index in [0.29, 0.717) is 12.2 Å². The molecule has 0 bridgehead atoms. The zero-order valence-corrected chi connectivity index (χ0v) is 14.6. The highest BCUT2D eigenvalue weighted by molar-refractivity contribution is 6.05. The lowest BCUT2D eigenvalue weighted by atomic mass is 10.0. The number of benzene rings is 1. The second kappa shape index (κ2) is 6.31. The molecule has 5 nitrogen and oxygen atoms in total. The van der Waals surface area contributed by atoms with Crippen LogP contribution in [0, 0.1) is 13.8 Å². The molecule has 1 amide bonds. The molecule has 1 unspecified atom stereocenters. The fourth-order valence-corrected chi connectivity index (χ4v) is 3.79. The number of likely N-dealkylation sites (tertiary alicyclic amines) is 1. The Morgan fingerprint density at radius 3 is 2.84 bits per heavy atom. The van der Waals surface area contributed by atoms with Crippen molar-refractivity contribution in [3.63, 3.8) is 0 Å². The Morgan fingerprint density at radius 1 is 1.20 bits per heavy atom. The number of aryl methyl sites for hydroxylation is 2. The fraction of sp³-hybridized carbons (Fsp3) is 0.350. The molecule has 3 heterocycles. The number of rotatable bonds is 2. The summed E-state index contributed by atoms with van der Waals surface area (Å²) in [5.41, 5.74) is 2.73. The average Bonchev–Trinajstić information content (AvgIpc) is 2.99. The van der Waals surface area contributed by atoms with Crippen molar-refractivity contribution in [2.24, 2.45) is 0 Å². The predicted molar refractivity (Wildman–Crippen MR) is 97.6 cm³/mol. The van der Waals surface area contributed by atoms with E-state index >= 15 is 0 Å². The molecule has 2 aromatic heterocycles. The van der Waals surface area contributed by atoms with E-state index in [1.54, 1.807) is 6.20 Å². The molecule has 1 aromatic carbocycles. The predicted octanol–water partition coefficient (Wildman–Crippen LogP) is 3.53. The highest BCUT2D eigenvalue weighted by Gasteiger charge is 2.28. The van der Waals surface area contributed by atoms with Crippen molar-refractivity contribution < 1.29 is 4.79 Å². The largest absolute Gasteiger partial charge is 0.335 e. The number of carbonyl (C=O) groups is 1. The Bertz CT molecular complexity index is 925. The molecule has 1 atom stereocenters. The minimum absolute atomic E-state index is 0.0167. The number of hydrogen-bond donors (Lipinski definition) is 0. The van der Waals surface area contributed by atoms with Gasteiger partial charge in [0.15, 0.2) is 0 Å². The van der Waals surface area contributed by atoms with Crippen LogP contribution in [0.5, 0.6) is 0 Å². The number of hydrogen-bond acceptors (Lipinski definition) is 3. The van der Waals surface area contributed by atoms with Crippen LogP contribution in [-0.2, 0) is 0 Å². The van der Waals surface area contributed by atoms with Gasteiger partial charge in [0.25, 0.3) is 5.91 Å². The van der Waals surface area contributed by atoms with Crippen LogP contribution < -0.4 is 0 Å². The number of carbonyl (C=O) groups excluding carboxylic acids is 1. The topological polar surface area (TPSA) is 51.0 Å². The van der Waals surface area contributed by atoms with Gasteiger partial charge in [0, 0.05) is 30.4 Å². The van der Waals surface area contributed by atoms with Crippen molar-refractivity contribution >= 4 is 16.7 Å². The van der Waals surface area contributed by atoms with Crippen molar-refractivity contribution in [3.8, 4) is 0 Å². The average molecular weight is 334 g/mol. The normalized spacial score (nSPS) is 17.8. The first kappa shape index (κ1) is 15.8. The highest BCUT2D eigenvalue weighted by atomic mass is 16.2. The van der Waals surface area contributed by atoms with Gasteiger partial charge in [-0.2, -0.15) is 5.10 Å². The van der Waals surface area contributed by atoms with Crippen LogP contribution in [-0.4, -0.2) is 38.7 Å². The first-order chi connectivity index (χ1) is 12.1. The van der Waals surface area contributed by atoms with Gasteiger partial charge in [-0.05, 0) is 44.2 Å². The second-order valence-electron chi connectivity index (χ2n) is 6.80.